The van der Waals surface area contributed by atoms with E-state index in [0.29, 0.717) is 18.0 Å². The van der Waals surface area contributed by atoms with Gasteiger partial charge in [-0.2, -0.15) is 0 Å². The number of aromatic hydroxyl groups is 1. The molecule has 0 radical (unpaired) electrons. The number of benzene rings is 1. The number of phenols is 1. The van der Waals surface area contributed by atoms with E-state index in [1.807, 2.05) is 20.8 Å². The second-order valence-electron chi connectivity index (χ2n) is 5.58. The monoisotopic (exact) mass is 262 g/mol. The van der Waals surface area contributed by atoms with E-state index in [9.17, 15) is 9.90 Å². The minimum atomic E-state index is -0.454. The molecular weight excluding hydrogens is 244 g/mol. The lowest BCUT2D eigenvalue weighted by molar-refractivity contribution is -0.135. The van der Waals surface area contributed by atoms with Gasteiger partial charge in [-0.05, 0) is 6.07 Å². The molecule has 0 unspecified atom stereocenters. The first-order valence-electron chi connectivity index (χ1n) is 6.08. The van der Waals surface area contributed by atoms with Gasteiger partial charge in [0, 0.05) is 17.0 Å². The molecule has 0 aliphatic carbocycles. The molecule has 0 fully saturated rings. The summed E-state index contributed by atoms with van der Waals surface area (Å²) in [6.45, 7) is 6.05. The van der Waals surface area contributed by atoms with E-state index < -0.39 is 5.41 Å². The van der Waals surface area contributed by atoms with Gasteiger partial charge in [0.05, 0.1) is 25.7 Å². The molecule has 0 saturated carbocycles. The van der Waals surface area contributed by atoms with Gasteiger partial charge in [0.2, 0.25) is 5.91 Å². The summed E-state index contributed by atoms with van der Waals surface area (Å²) in [4.78, 5) is 18.0. The molecule has 0 bridgehead atoms. The molecule has 1 amide bonds. The minimum Gasteiger partial charge on any atom is -0.504 e. The second-order valence-corrected chi connectivity index (χ2v) is 5.58. The Morgan fingerprint density at radius 1 is 1.42 bits per heavy atom. The van der Waals surface area contributed by atoms with Crippen molar-refractivity contribution in [2.45, 2.75) is 27.3 Å². The van der Waals surface area contributed by atoms with Crippen molar-refractivity contribution in [3.05, 3.63) is 17.7 Å². The van der Waals surface area contributed by atoms with Crippen molar-refractivity contribution in [3.63, 3.8) is 0 Å². The molecule has 5 nitrogen and oxygen atoms in total. The molecule has 102 valence electrons. The van der Waals surface area contributed by atoms with Crippen LogP contribution in [0.5, 0.6) is 11.5 Å². The summed E-state index contributed by atoms with van der Waals surface area (Å²) >= 11 is 0. The molecule has 0 atom stereocenters. The SMILES string of the molecule is COc1cc2c(cc1O)N=CN(C(=O)C(C)(C)C)C2. The molecule has 2 rings (SSSR count). The van der Waals surface area contributed by atoms with E-state index in [-0.39, 0.29) is 11.7 Å². The Kier molecular flexibility index (Phi) is 3.22. The standard InChI is InChI=1S/C14H18N2O3/c1-14(2,3)13(18)16-7-9-5-12(19-4)11(17)6-10(9)15-8-16/h5-6,8,17H,7H2,1-4H3. The molecule has 1 aliphatic heterocycles. The third-order valence-corrected chi connectivity index (χ3v) is 2.96. The zero-order valence-electron chi connectivity index (χ0n) is 11.6. The van der Waals surface area contributed by atoms with Crippen LogP contribution in [-0.4, -0.2) is 29.4 Å². The highest BCUT2D eigenvalue weighted by Crippen LogP contribution is 2.36. The molecular formula is C14H18N2O3. The number of nitrogens with zero attached hydrogens (tertiary/aromatic N) is 2. The quantitative estimate of drug-likeness (QED) is 0.845. The predicted molar refractivity (Wildman–Crippen MR) is 72.8 cm³/mol. The van der Waals surface area contributed by atoms with Gasteiger partial charge in [-0.15, -0.1) is 0 Å². The second kappa shape index (κ2) is 4.57. The average molecular weight is 262 g/mol. The number of rotatable bonds is 1. The average Bonchev–Trinajstić information content (AvgIpc) is 2.35. The van der Waals surface area contributed by atoms with Crippen LogP contribution in [0.3, 0.4) is 0 Å². The first-order valence-corrected chi connectivity index (χ1v) is 6.08. The summed E-state index contributed by atoms with van der Waals surface area (Å²) in [6.07, 6.45) is 1.52. The van der Waals surface area contributed by atoms with Crippen LogP contribution in [0.25, 0.3) is 0 Å². The Labute approximate surface area is 112 Å². The summed E-state index contributed by atoms with van der Waals surface area (Å²) in [7, 11) is 1.49. The highest BCUT2D eigenvalue weighted by Gasteiger charge is 2.28. The van der Waals surface area contributed by atoms with E-state index in [1.54, 1.807) is 17.0 Å². The van der Waals surface area contributed by atoms with E-state index in [0.717, 1.165) is 5.56 Å². The van der Waals surface area contributed by atoms with Crippen LogP contribution in [0.15, 0.2) is 17.1 Å². The molecule has 0 aromatic heterocycles. The van der Waals surface area contributed by atoms with E-state index >= 15 is 0 Å². The number of carbonyl (C=O) groups is 1. The van der Waals surface area contributed by atoms with Crippen molar-refractivity contribution in [2.24, 2.45) is 10.4 Å². The van der Waals surface area contributed by atoms with Crippen LogP contribution in [0.2, 0.25) is 0 Å². The summed E-state index contributed by atoms with van der Waals surface area (Å²) < 4.78 is 5.07. The Balaban J connectivity index is 2.32. The van der Waals surface area contributed by atoms with Crippen LogP contribution < -0.4 is 4.74 Å². The van der Waals surface area contributed by atoms with Crippen LogP contribution in [0.4, 0.5) is 5.69 Å². The van der Waals surface area contributed by atoms with Gasteiger partial charge in [-0.1, -0.05) is 20.8 Å². The number of hydrogen-bond acceptors (Lipinski definition) is 4. The maximum Gasteiger partial charge on any atom is 0.233 e. The number of aliphatic imine (C=N–C) groups is 1. The van der Waals surface area contributed by atoms with E-state index in [1.165, 1.54) is 13.4 Å². The third kappa shape index (κ3) is 2.54. The van der Waals surface area contributed by atoms with E-state index in [2.05, 4.69) is 4.99 Å². The molecule has 1 heterocycles. The number of phenolic OH excluding ortho intramolecular Hbond substituents is 1. The number of fused-ring (bicyclic) bond motifs is 1. The van der Waals surface area contributed by atoms with E-state index in [4.69, 9.17) is 4.74 Å². The fourth-order valence-corrected chi connectivity index (χ4v) is 1.92. The van der Waals surface area contributed by atoms with Crippen LogP contribution in [-0.2, 0) is 11.3 Å². The first-order chi connectivity index (χ1) is 8.82. The van der Waals surface area contributed by atoms with Crippen molar-refractivity contribution < 1.29 is 14.6 Å². The topological polar surface area (TPSA) is 62.1 Å². The molecule has 0 spiro atoms. The summed E-state index contributed by atoms with van der Waals surface area (Å²) in [5.74, 6) is 0.446. The molecule has 0 saturated heterocycles. The van der Waals surface area contributed by atoms with Crippen molar-refractivity contribution in [3.8, 4) is 11.5 Å². The van der Waals surface area contributed by atoms with Gasteiger partial charge in [0.15, 0.2) is 11.5 Å². The van der Waals surface area contributed by atoms with Gasteiger partial charge in [0.25, 0.3) is 0 Å². The van der Waals surface area contributed by atoms with Gasteiger partial charge in [0.1, 0.15) is 0 Å². The summed E-state index contributed by atoms with van der Waals surface area (Å²) in [5.41, 5.74) is 1.07. The number of ether oxygens (including phenoxy) is 1. The smallest absolute Gasteiger partial charge is 0.233 e. The normalized spacial score (nSPS) is 14.2. The largest absolute Gasteiger partial charge is 0.504 e. The highest BCUT2D eigenvalue weighted by atomic mass is 16.5. The lowest BCUT2D eigenvalue weighted by atomic mass is 9.94. The van der Waals surface area contributed by atoms with Gasteiger partial charge >= 0.3 is 0 Å². The zero-order chi connectivity index (χ0) is 14.2. The Hall–Kier alpha value is -2.04. The number of carbonyl (C=O) groups excluding carboxylic acids is 1. The number of methoxy groups -OCH3 is 1. The lowest BCUT2D eigenvalue weighted by Crippen LogP contribution is -2.39. The molecule has 19 heavy (non-hydrogen) atoms. The maximum atomic E-state index is 12.2. The molecule has 1 aromatic carbocycles. The van der Waals surface area contributed by atoms with Crippen molar-refractivity contribution in [1.29, 1.82) is 0 Å². The number of hydrogen-bond donors (Lipinski definition) is 1. The van der Waals surface area contributed by atoms with Crippen molar-refractivity contribution in [2.75, 3.05) is 7.11 Å². The lowest BCUT2D eigenvalue weighted by Gasteiger charge is -2.29. The van der Waals surface area contributed by atoms with Crippen molar-refractivity contribution in [1.82, 2.24) is 4.90 Å². The highest BCUT2D eigenvalue weighted by molar-refractivity contribution is 5.93. The van der Waals surface area contributed by atoms with Crippen molar-refractivity contribution >= 4 is 17.9 Å². The molecule has 5 heteroatoms. The van der Waals surface area contributed by atoms with Crippen LogP contribution in [0.1, 0.15) is 26.3 Å². The Morgan fingerprint density at radius 3 is 2.68 bits per heavy atom. The summed E-state index contributed by atoms with van der Waals surface area (Å²) in [5, 5.41) is 9.69. The Morgan fingerprint density at radius 2 is 2.11 bits per heavy atom. The van der Waals surface area contributed by atoms with Crippen LogP contribution in [0, 0.1) is 5.41 Å². The number of amides is 1. The molecule has 1 N–H and O–H groups in total. The van der Waals surface area contributed by atoms with Gasteiger partial charge in [-0.3, -0.25) is 9.69 Å². The van der Waals surface area contributed by atoms with Crippen LogP contribution >= 0.6 is 0 Å². The fourth-order valence-electron chi connectivity index (χ4n) is 1.92. The predicted octanol–water partition coefficient (Wildman–Crippen LogP) is 2.45. The third-order valence-electron chi connectivity index (χ3n) is 2.96. The zero-order valence-corrected chi connectivity index (χ0v) is 11.6. The maximum absolute atomic E-state index is 12.2. The molecule has 1 aliphatic rings. The summed E-state index contributed by atoms with van der Waals surface area (Å²) in [6, 6.07) is 3.26. The Bertz CT molecular complexity index is 544. The molecule has 1 aromatic rings. The van der Waals surface area contributed by atoms with Gasteiger partial charge in [-0.25, -0.2) is 4.99 Å². The first kappa shape index (κ1) is 13.4. The van der Waals surface area contributed by atoms with Gasteiger partial charge < -0.3 is 9.84 Å². The fraction of sp³-hybridized carbons (Fsp3) is 0.429. The minimum absolute atomic E-state index is 0.00828.